The van der Waals surface area contributed by atoms with Crippen LogP contribution in [0.15, 0.2) is 47.0 Å². The molecule has 1 aliphatic rings. The number of aromatic nitrogens is 3. The highest BCUT2D eigenvalue weighted by Gasteiger charge is 2.22. The Kier molecular flexibility index (Phi) is 3.86. The van der Waals surface area contributed by atoms with Crippen molar-refractivity contribution < 1.29 is 9.15 Å². The van der Waals surface area contributed by atoms with E-state index in [9.17, 15) is 0 Å². The van der Waals surface area contributed by atoms with Gasteiger partial charge in [-0.25, -0.2) is 15.0 Å². The van der Waals surface area contributed by atoms with Gasteiger partial charge >= 0.3 is 0 Å². The van der Waals surface area contributed by atoms with Crippen molar-refractivity contribution in [1.29, 1.82) is 0 Å². The fourth-order valence-electron chi connectivity index (χ4n) is 3.40. The zero-order valence-corrected chi connectivity index (χ0v) is 15.0. The fraction of sp³-hybridized carbons (Fsp3) is 0.250. The fourth-order valence-corrected chi connectivity index (χ4v) is 3.40. The molecule has 0 spiro atoms. The summed E-state index contributed by atoms with van der Waals surface area (Å²) in [5.41, 5.74) is 4.02. The highest BCUT2D eigenvalue weighted by molar-refractivity contribution is 6.05. The largest absolute Gasteiger partial charge is 0.432 e. The Labute approximate surface area is 156 Å². The monoisotopic (exact) mass is 361 g/mol. The topological polar surface area (TPSA) is 76.3 Å². The van der Waals surface area contributed by atoms with Gasteiger partial charge in [0.25, 0.3) is 0 Å². The summed E-state index contributed by atoms with van der Waals surface area (Å²) in [6.07, 6.45) is 1.73. The zero-order valence-electron chi connectivity index (χ0n) is 15.0. The van der Waals surface area contributed by atoms with Gasteiger partial charge in [0.2, 0.25) is 5.71 Å². The maximum Gasteiger partial charge on any atom is 0.229 e. The Morgan fingerprint density at radius 2 is 1.96 bits per heavy atom. The second-order valence-electron chi connectivity index (χ2n) is 6.44. The van der Waals surface area contributed by atoms with Gasteiger partial charge in [-0.05, 0) is 24.3 Å². The number of hydrogen-bond acceptors (Lipinski definition) is 7. The lowest BCUT2D eigenvalue weighted by molar-refractivity contribution is 0.122. The molecule has 3 aromatic heterocycles. The lowest BCUT2D eigenvalue weighted by Crippen LogP contribution is -2.37. The normalized spacial score (nSPS) is 14.8. The van der Waals surface area contributed by atoms with Gasteiger partial charge in [0.1, 0.15) is 5.52 Å². The first-order valence-corrected chi connectivity index (χ1v) is 8.99. The summed E-state index contributed by atoms with van der Waals surface area (Å²) in [5.74, 6) is 1.47. The second kappa shape index (κ2) is 6.51. The Morgan fingerprint density at radius 3 is 2.81 bits per heavy atom. The number of anilines is 2. The minimum absolute atomic E-state index is 0.581. The number of benzene rings is 1. The van der Waals surface area contributed by atoms with Crippen LogP contribution in [0.1, 0.15) is 0 Å². The maximum absolute atomic E-state index is 6.04. The summed E-state index contributed by atoms with van der Waals surface area (Å²) >= 11 is 0. The first kappa shape index (κ1) is 16.0. The van der Waals surface area contributed by atoms with Crippen molar-refractivity contribution in [3.05, 3.63) is 42.6 Å². The molecule has 0 aliphatic carbocycles. The number of ether oxygens (including phenoxy) is 1. The molecule has 4 heterocycles. The van der Waals surface area contributed by atoms with E-state index in [2.05, 4.69) is 15.2 Å². The van der Waals surface area contributed by atoms with Gasteiger partial charge in [-0.2, -0.15) is 0 Å². The van der Waals surface area contributed by atoms with E-state index in [4.69, 9.17) is 19.1 Å². The highest BCUT2D eigenvalue weighted by atomic mass is 16.5. The van der Waals surface area contributed by atoms with E-state index in [1.807, 2.05) is 43.4 Å². The van der Waals surface area contributed by atoms with E-state index in [0.29, 0.717) is 30.3 Å². The maximum atomic E-state index is 6.04. The average Bonchev–Trinajstić information content (AvgIpc) is 3.12. The van der Waals surface area contributed by atoms with Crippen molar-refractivity contribution in [3.63, 3.8) is 0 Å². The van der Waals surface area contributed by atoms with Crippen molar-refractivity contribution >= 4 is 33.7 Å². The van der Waals surface area contributed by atoms with Crippen LogP contribution < -0.4 is 10.2 Å². The smallest absolute Gasteiger partial charge is 0.229 e. The Balaban J connectivity index is 1.77. The molecule has 0 amide bonds. The van der Waals surface area contributed by atoms with Crippen LogP contribution in [0.5, 0.6) is 0 Å². The standard InChI is InChI=1S/C20H19N5O2/c1-21-14-5-2-4-13(12-14)18-23-16-15-6-3-7-22-20(15)27-17(16)19(24-18)25-8-10-26-11-9-25/h2-7,12,21H,8-11H2,1H3. The lowest BCUT2D eigenvalue weighted by atomic mass is 10.1. The number of morpholine rings is 1. The van der Waals surface area contributed by atoms with Crippen LogP contribution in [-0.2, 0) is 4.74 Å². The molecule has 7 heteroatoms. The van der Waals surface area contributed by atoms with Crippen LogP contribution in [0, 0.1) is 0 Å². The molecule has 4 aromatic rings. The van der Waals surface area contributed by atoms with Gasteiger partial charge in [-0.3, -0.25) is 0 Å². The summed E-state index contributed by atoms with van der Waals surface area (Å²) in [7, 11) is 1.90. The van der Waals surface area contributed by atoms with Gasteiger partial charge in [0.15, 0.2) is 17.2 Å². The number of rotatable bonds is 3. The van der Waals surface area contributed by atoms with Crippen molar-refractivity contribution in [3.8, 4) is 11.4 Å². The molecule has 1 N–H and O–H groups in total. The summed E-state index contributed by atoms with van der Waals surface area (Å²) in [6.45, 7) is 2.89. The minimum atomic E-state index is 0.581. The number of pyridine rings is 1. The highest BCUT2D eigenvalue weighted by Crippen LogP contribution is 2.34. The van der Waals surface area contributed by atoms with Crippen LogP contribution in [0.4, 0.5) is 11.5 Å². The number of nitrogens with zero attached hydrogens (tertiary/aromatic N) is 4. The van der Waals surface area contributed by atoms with Crippen molar-refractivity contribution in [2.24, 2.45) is 0 Å². The minimum Gasteiger partial charge on any atom is -0.432 e. The van der Waals surface area contributed by atoms with E-state index in [0.717, 1.165) is 41.1 Å². The molecular weight excluding hydrogens is 342 g/mol. The SMILES string of the molecule is CNc1cccc(-c2nc(N3CCOCC3)c3oc4ncccc4c3n2)c1. The van der Waals surface area contributed by atoms with Crippen molar-refractivity contribution in [2.45, 2.75) is 0 Å². The molecule has 5 rings (SSSR count). The van der Waals surface area contributed by atoms with Crippen LogP contribution in [0.2, 0.25) is 0 Å². The first-order valence-electron chi connectivity index (χ1n) is 8.99. The molecule has 0 radical (unpaired) electrons. The molecule has 7 nitrogen and oxygen atoms in total. The molecule has 0 saturated carbocycles. The van der Waals surface area contributed by atoms with E-state index in [-0.39, 0.29) is 0 Å². The molecule has 0 bridgehead atoms. The van der Waals surface area contributed by atoms with Crippen LogP contribution >= 0.6 is 0 Å². The average molecular weight is 361 g/mol. The Bertz CT molecular complexity index is 1120. The first-order chi connectivity index (χ1) is 13.3. The van der Waals surface area contributed by atoms with E-state index in [1.54, 1.807) is 6.20 Å². The summed E-state index contributed by atoms with van der Waals surface area (Å²) < 4.78 is 11.5. The van der Waals surface area contributed by atoms with Crippen molar-refractivity contribution in [2.75, 3.05) is 43.6 Å². The predicted molar refractivity (Wildman–Crippen MR) is 105 cm³/mol. The molecular formula is C20H19N5O2. The molecule has 1 aromatic carbocycles. The molecule has 136 valence electrons. The van der Waals surface area contributed by atoms with E-state index in [1.165, 1.54) is 0 Å². The number of hydrogen-bond donors (Lipinski definition) is 1. The second-order valence-corrected chi connectivity index (χ2v) is 6.44. The van der Waals surface area contributed by atoms with E-state index < -0.39 is 0 Å². The van der Waals surface area contributed by atoms with Gasteiger partial charge < -0.3 is 19.4 Å². The molecule has 0 unspecified atom stereocenters. The van der Waals surface area contributed by atoms with Crippen molar-refractivity contribution in [1.82, 2.24) is 15.0 Å². The summed E-state index contributed by atoms with van der Waals surface area (Å²) in [5, 5.41) is 4.06. The molecule has 1 saturated heterocycles. The Hall–Kier alpha value is -3.19. The molecule has 27 heavy (non-hydrogen) atoms. The number of fused-ring (bicyclic) bond motifs is 3. The summed E-state index contributed by atoms with van der Waals surface area (Å²) in [4.78, 5) is 16.3. The Morgan fingerprint density at radius 1 is 1.07 bits per heavy atom. The van der Waals surface area contributed by atoms with Crippen LogP contribution in [-0.4, -0.2) is 48.3 Å². The predicted octanol–water partition coefficient (Wildman–Crippen LogP) is 3.32. The van der Waals surface area contributed by atoms with Crippen LogP contribution in [0.25, 0.3) is 33.6 Å². The number of nitrogens with one attached hydrogen (secondary N) is 1. The van der Waals surface area contributed by atoms with Gasteiger partial charge in [-0.15, -0.1) is 0 Å². The van der Waals surface area contributed by atoms with Crippen LogP contribution in [0.3, 0.4) is 0 Å². The molecule has 1 fully saturated rings. The third kappa shape index (κ3) is 2.76. The summed E-state index contributed by atoms with van der Waals surface area (Å²) in [6, 6.07) is 12.0. The van der Waals surface area contributed by atoms with E-state index >= 15 is 0 Å². The zero-order chi connectivity index (χ0) is 18.2. The lowest BCUT2D eigenvalue weighted by Gasteiger charge is -2.27. The molecule has 1 aliphatic heterocycles. The van der Waals surface area contributed by atoms with Gasteiger partial charge in [0, 0.05) is 37.6 Å². The quantitative estimate of drug-likeness (QED) is 0.600. The number of furan rings is 1. The van der Waals surface area contributed by atoms with Gasteiger partial charge in [0.05, 0.1) is 18.6 Å². The third-order valence-corrected chi connectivity index (χ3v) is 4.79. The molecule has 0 atom stereocenters. The van der Waals surface area contributed by atoms with Gasteiger partial charge in [-0.1, -0.05) is 12.1 Å². The third-order valence-electron chi connectivity index (χ3n) is 4.79.